The minimum Gasteiger partial charge on any atom is -0.308 e. The van der Waals surface area contributed by atoms with E-state index in [1.54, 1.807) is 0 Å². The predicted molar refractivity (Wildman–Crippen MR) is 92.0 cm³/mol. The second-order valence-electron chi connectivity index (χ2n) is 5.84. The summed E-state index contributed by atoms with van der Waals surface area (Å²) in [5.74, 6) is 0. The molecule has 1 N–H and O–H groups in total. The molecule has 0 saturated carbocycles. The number of hydrogen-bond acceptors (Lipinski definition) is 1. The minimum atomic E-state index is 0.270. The number of benzene rings is 2. The summed E-state index contributed by atoms with van der Waals surface area (Å²) in [6.45, 7) is 6.55. The van der Waals surface area contributed by atoms with Gasteiger partial charge in [0.15, 0.2) is 0 Å². The van der Waals surface area contributed by atoms with Crippen LogP contribution in [0, 0.1) is 6.92 Å². The molecule has 0 aliphatic rings. The Morgan fingerprint density at radius 1 is 1.05 bits per heavy atom. The summed E-state index contributed by atoms with van der Waals surface area (Å²) in [4.78, 5) is 0. The Morgan fingerprint density at radius 3 is 2.52 bits per heavy atom. The highest BCUT2D eigenvalue weighted by molar-refractivity contribution is 6.31. The zero-order valence-electron chi connectivity index (χ0n) is 13.1. The van der Waals surface area contributed by atoms with Crippen molar-refractivity contribution in [1.82, 2.24) is 5.32 Å². The van der Waals surface area contributed by atoms with E-state index in [9.17, 15) is 0 Å². The molecule has 2 aromatic carbocycles. The van der Waals surface area contributed by atoms with Crippen LogP contribution < -0.4 is 5.32 Å². The molecule has 2 atom stereocenters. The summed E-state index contributed by atoms with van der Waals surface area (Å²) in [7, 11) is 0. The lowest BCUT2D eigenvalue weighted by atomic mass is 10.0. The smallest absolute Gasteiger partial charge is 0.0453 e. The Morgan fingerprint density at radius 2 is 1.81 bits per heavy atom. The number of halogens is 1. The predicted octanol–water partition coefficient (Wildman–Crippen LogP) is 5.32. The van der Waals surface area contributed by atoms with E-state index in [1.165, 1.54) is 16.7 Å². The molecule has 2 rings (SSSR count). The van der Waals surface area contributed by atoms with Crippen molar-refractivity contribution in [3.63, 3.8) is 0 Å². The average molecular weight is 302 g/mol. The third-order valence-electron chi connectivity index (χ3n) is 3.85. The van der Waals surface area contributed by atoms with Gasteiger partial charge in [-0.3, -0.25) is 0 Å². The fourth-order valence-electron chi connectivity index (χ4n) is 2.68. The second-order valence-corrected chi connectivity index (χ2v) is 6.25. The molecule has 112 valence electrons. The molecule has 0 radical (unpaired) electrons. The van der Waals surface area contributed by atoms with Crippen molar-refractivity contribution in [2.45, 2.75) is 45.7 Å². The van der Waals surface area contributed by atoms with Crippen LogP contribution >= 0.6 is 11.6 Å². The standard InChI is InChI=1S/C19H24ClN/c1-14-7-6-8-17(13-14)12-11-15(2)21-16(3)18-9-4-5-10-19(18)20/h4-10,13,15-16,21H,11-12H2,1-3H3. The SMILES string of the molecule is Cc1cccc(CCC(C)NC(C)c2ccccc2Cl)c1. The summed E-state index contributed by atoms with van der Waals surface area (Å²) in [5, 5.41) is 4.47. The average Bonchev–Trinajstić information content (AvgIpc) is 2.45. The lowest BCUT2D eigenvalue weighted by Crippen LogP contribution is -2.29. The van der Waals surface area contributed by atoms with E-state index >= 15 is 0 Å². The number of aryl methyl sites for hydroxylation is 2. The minimum absolute atomic E-state index is 0.270. The van der Waals surface area contributed by atoms with Crippen molar-refractivity contribution in [3.8, 4) is 0 Å². The molecule has 0 aromatic heterocycles. The summed E-state index contributed by atoms with van der Waals surface area (Å²) in [6, 6.07) is 17.5. The largest absolute Gasteiger partial charge is 0.308 e. The van der Waals surface area contributed by atoms with Gasteiger partial charge in [-0.15, -0.1) is 0 Å². The van der Waals surface area contributed by atoms with Crippen molar-refractivity contribution in [2.24, 2.45) is 0 Å². The first-order valence-electron chi connectivity index (χ1n) is 7.62. The molecule has 2 heteroatoms. The molecule has 0 heterocycles. The van der Waals surface area contributed by atoms with Gasteiger partial charge < -0.3 is 5.32 Å². The normalized spacial score (nSPS) is 13.9. The van der Waals surface area contributed by atoms with Gasteiger partial charge >= 0.3 is 0 Å². The summed E-state index contributed by atoms with van der Waals surface area (Å²) in [6.07, 6.45) is 2.23. The fourth-order valence-corrected chi connectivity index (χ4v) is 2.98. The van der Waals surface area contributed by atoms with Crippen molar-refractivity contribution in [2.75, 3.05) is 0 Å². The maximum absolute atomic E-state index is 6.25. The van der Waals surface area contributed by atoms with Crippen LogP contribution in [-0.4, -0.2) is 6.04 Å². The fraction of sp³-hybridized carbons (Fsp3) is 0.368. The van der Waals surface area contributed by atoms with Crippen molar-refractivity contribution < 1.29 is 0 Å². The van der Waals surface area contributed by atoms with Crippen molar-refractivity contribution in [3.05, 3.63) is 70.2 Å². The molecule has 0 aliphatic heterocycles. The molecule has 0 saturated heterocycles. The third-order valence-corrected chi connectivity index (χ3v) is 4.20. The van der Waals surface area contributed by atoms with Gasteiger partial charge in [0.05, 0.1) is 0 Å². The van der Waals surface area contributed by atoms with Crippen LogP contribution in [-0.2, 0) is 6.42 Å². The van der Waals surface area contributed by atoms with Crippen LogP contribution in [0.4, 0.5) is 0 Å². The van der Waals surface area contributed by atoms with Gasteiger partial charge in [0.2, 0.25) is 0 Å². The summed E-state index contributed by atoms with van der Waals surface area (Å²) < 4.78 is 0. The molecule has 0 spiro atoms. The van der Waals surface area contributed by atoms with Gasteiger partial charge in [-0.05, 0) is 50.8 Å². The van der Waals surface area contributed by atoms with Gasteiger partial charge in [0.1, 0.15) is 0 Å². The summed E-state index contributed by atoms with van der Waals surface area (Å²) in [5.41, 5.74) is 3.91. The molecule has 0 bridgehead atoms. The second kappa shape index (κ2) is 7.63. The third kappa shape index (κ3) is 4.87. The van der Waals surface area contributed by atoms with Gasteiger partial charge in [-0.25, -0.2) is 0 Å². The molecule has 0 amide bonds. The molecule has 1 nitrogen and oxygen atoms in total. The molecule has 2 unspecified atom stereocenters. The molecular weight excluding hydrogens is 278 g/mol. The quantitative estimate of drug-likeness (QED) is 0.761. The van der Waals surface area contributed by atoms with Gasteiger partial charge in [0.25, 0.3) is 0 Å². The maximum atomic E-state index is 6.25. The zero-order chi connectivity index (χ0) is 15.2. The van der Waals surface area contributed by atoms with Crippen LogP contribution in [0.1, 0.15) is 43.0 Å². The highest BCUT2D eigenvalue weighted by atomic mass is 35.5. The monoisotopic (exact) mass is 301 g/mol. The van der Waals surface area contributed by atoms with Crippen LogP contribution in [0.15, 0.2) is 48.5 Å². The number of hydrogen-bond donors (Lipinski definition) is 1. The van der Waals surface area contributed by atoms with E-state index in [2.05, 4.69) is 56.4 Å². The first-order valence-corrected chi connectivity index (χ1v) is 8.00. The number of nitrogens with one attached hydrogen (secondary N) is 1. The zero-order valence-corrected chi connectivity index (χ0v) is 13.8. The van der Waals surface area contributed by atoms with Crippen LogP contribution in [0.2, 0.25) is 5.02 Å². The van der Waals surface area contributed by atoms with Crippen LogP contribution in [0.25, 0.3) is 0 Å². The highest BCUT2D eigenvalue weighted by Gasteiger charge is 2.12. The van der Waals surface area contributed by atoms with Gasteiger partial charge in [0, 0.05) is 17.1 Å². The maximum Gasteiger partial charge on any atom is 0.0453 e. The summed E-state index contributed by atoms with van der Waals surface area (Å²) >= 11 is 6.25. The van der Waals surface area contributed by atoms with Crippen molar-refractivity contribution in [1.29, 1.82) is 0 Å². The van der Waals surface area contributed by atoms with Gasteiger partial charge in [-0.2, -0.15) is 0 Å². The lowest BCUT2D eigenvalue weighted by molar-refractivity contribution is 0.456. The van der Waals surface area contributed by atoms with Crippen molar-refractivity contribution >= 4 is 11.6 Å². The number of rotatable bonds is 6. The Hall–Kier alpha value is -1.31. The lowest BCUT2D eigenvalue weighted by Gasteiger charge is -2.21. The van der Waals surface area contributed by atoms with Crippen LogP contribution in [0.5, 0.6) is 0 Å². The van der Waals surface area contributed by atoms with E-state index in [-0.39, 0.29) is 6.04 Å². The van der Waals surface area contributed by atoms with E-state index in [4.69, 9.17) is 11.6 Å². The Balaban J connectivity index is 1.87. The van der Waals surface area contributed by atoms with Crippen LogP contribution in [0.3, 0.4) is 0 Å². The Bertz CT molecular complexity index is 579. The molecular formula is C19H24ClN. The first-order chi connectivity index (χ1) is 10.1. The Kier molecular flexibility index (Phi) is 5.84. The molecule has 2 aromatic rings. The molecule has 21 heavy (non-hydrogen) atoms. The molecule has 0 fully saturated rings. The van der Waals surface area contributed by atoms with Gasteiger partial charge in [-0.1, -0.05) is 59.6 Å². The Labute approximate surface area is 133 Å². The first kappa shape index (κ1) is 16.1. The van der Waals surface area contributed by atoms with E-state index in [0.717, 1.165) is 17.9 Å². The molecule has 0 aliphatic carbocycles. The van der Waals surface area contributed by atoms with E-state index < -0.39 is 0 Å². The highest BCUT2D eigenvalue weighted by Crippen LogP contribution is 2.23. The topological polar surface area (TPSA) is 12.0 Å². The van der Waals surface area contributed by atoms with E-state index in [0.29, 0.717) is 6.04 Å². The van der Waals surface area contributed by atoms with E-state index in [1.807, 2.05) is 18.2 Å².